The van der Waals surface area contributed by atoms with E-state index in [0.717, 1.165) is 61.7 Å². The van der Waals surface area contributed by atoms with Crippen LogP contribution in [-0.2, 0) is 20.1 Å². The van der Waals surface area contributed by atoms with Gasteiger partial charge in [0, 0.05) is 5.41 Å². The lowest BCUT2D eigenvalue weighted by Crippen LogP contribution is -2.52. The van der Waals surface area contributed by atoms with Crippen LogP contribution in [-0.4, -0.2) is 38.5 Å². The summed E-state index contributed by atoms with van der Waals surface area (Å²) in [5.74, 6) is 1.90. The van der Waals surface area contributed by atoms with Crippen LogP contribution in [0.15, 0.2) is 66.7 Å². The van der Waals surface area contributed by atoms with Crippen LogP contribution in [0, 0.1) is 18.3 Å². The second-order valence-electron chi connectivity index (χ2n) is 17.2. The molecule has 4 rings (SSSR count). The Bertz CT molecular complexity index is 1620. The molecule has 2 unspecified atom stereocenters. The van der Waals surface area contributed by atoms with Crippen LogP contribution < -0.4 is 14.2 Å². The highest BCUT2D eigenvalue weighted by Crippen LogP contribution is 2.53. The summed E-state index contributed by atoms with van der Waals surface area (Å²) in [6, 6.07) is 25.0. The Morgan fingerprint density at radius 2 is 1.41 bits per heavy atom. The lowest BCUT2D eigenvalue weighted by molar-refractivity contribution is 0.107. The van der Waals surface area contributed by atoms with Crippen molar-refractivity contribution in [2.45, 2.75) is 130 Å². The topological polar surface area (TPSA) is 63.2 Å². The molecule has 0 saturated heterocycles. The van der Waals surface area contributed by atoms with E-state index in [2.05, 4.69) is 109 Å². The fraction of sp³-hybridized carbons (Fsp3) is 0.548. The Balaban J connectivity index is 1.38. The standard InChI is InChI=1S/C42H64O6Si3/c1-13-27-49(7,8)47-51(11,12)48-50(9,10)28-17-18-34-21-23-38(39(30-34)44-6)46-40(43)45-37-24-22-36(29-32(37)2)42(35-19-15-14-16-20-35)26-25-41(4,5)33(3)31-42/h14-16,19-24,29-30,33H,13,17-18,25-28,31H2,1-12H3. The summed E-state index contributed by atoms with van der Waals surface area (Å²) in [6.07, 6.45) is 5.55. The van der Waals surface area contributed by atoms with Gasteiger partial charge in [-0.1, -0.05) is 82.6 Å². The van der Waals surface area contributed by atoms with Crippen LogP contribution >= 0.6 is 0 Å². The smallest absolute Gasteiger partial charge is 0.493 e. The fourth-order valence-electron chi connectivity index (χ4n) is 8.12. The molecule has 0 bridgehead atoms. The van der Waals surface area contributed by atoms with Gasteiger partial charge in [0.1, 0.15) is 5.75 Å². The predicted octanol–water partition coefficient (Wildman–Crippen LogP) is 12.2. The van der Waals surface area contributed by atoms with E-state index in [-0.39, 0.29) is 5.41 Å². The van der Waals surface area contributed by atoms with Gasteiger partial charge < -0.3 is 22.4 Å². The number of methoxy groups -OCH3 is 1. The van der Waals surface area contributed by atoms with Crippen LogP contribution in [0.1, 0.15) is 82.1 Å². The van der Waals surface area contributed by atoms with E-state index in [1.165, 1.54) is 11.1 Å². The summed E-state index contributed by atoms with van der Waals surface area (Å²) >= 11 is 0. The van der Waals surface area contributed by atoms with Gasteiger partial charge in [-0.05, 0) is 142 Å². The van der Waals surface area contributed by atoms with E-state index in [0.29, 0.717) is 28.6 Å². The lowest BCUT2D eigenvalue weighted by atomic mass is 9.55. The van der Waals surface area contributed by atoms with Crippen LogP contribution in [0.2, 0.25) is 51.4 Å². The molecule has 280 valence electrons. The molecule has 0 N–H and O–H groups in total. The van der Waals surface area contributed by atoms with Crippen molar-refractivity contribution in [3.8, 4) is 17.2 Å². The first-order valence-corrected chi connectivity index (χ1v) is 28.0. The van der Waals surface area contributed by atoms with Crippen molar-refractivity contribution in [2.24, 2.45) is 11.3 Å². The molecule has 3 aromatic rings. The van der Waals surface area contributed by atoms with Crippen molar-refractivity contribution in [1.29, 1.82) is 0 Å². The number of carbonyl (C=O) groups is 1. The predicted molar refractivity (Wildman–Crippen MR) is 218 cm³/mol. The van der Waals surface area contributed by atoms with E-state index < -0.39 is 31.4 Å². The SMILES string of the molecule is CCC[Si](C)(C)O[Si](C)(C)O[Si](C)(C)CCCc1ccc(OC(=O)Oc2ccc(C3(c4ccccc4)CCC(C)(C)C(C)C3)cc2C)c(OC)c1. The van der Waals surface area contributed by atoms with Gasteiger partial charge in [0.25, 0.3) is 0 Å². The number of benzene rings is 3. The van der Waals surface area contributed by atoms with Gasteiger partial charge in [0.05, 0.1) is 7.11 Å². The van der Waals surface area contributed by atoms with E-state index >= 15 is 0 Å². The Morgan fingerprint density at radius 1 is 0.784 bits per heavy atom. The molecule has 51 heavy (non-hydrogen) atoms. The number of ether oxygens (including phenoxy) is 3. The molecule has 3 aromatic carbocycles. The molecule has 0 heterocycles. The monoisotopic (exact) mass is 748 g/mol. The van der Waals surface area contributed by atoms with Gasteiger partial charge in [0.15, 0.2) is 28.1 Å². The number of carbonyl (C=O) groups excluding carboxylic acids is 1. The van der Waals surface area contributed by atoms with Crippen molar-refractivity contribution in [1.82, 2.24) is 0 Å². The van der Waals surface area contributed by atoms with Gasteiger partial charge in [-0.25, -0.2) is 4.79 Å². The number of hydrogen-bond acceptors (Lipinski definition) is 6. The highest BCUT2D eigenvalue weighted by molar-refractivity contribution is 6.87. The third-order valence-electron chi connectivity index (χ3n) is 11.0. The van der Waals surface area contributed by atoms with Crippen molar-refractivity contribution < 1.29 is 27.2 Å². The van der Waals surface area contributed by atoms with Gasteiger partial charge in [-0.15, -0.1) is 0 Å². The molecule has 6 nitrogen and oxygen atoms in total. The van der Waals surface area contributed by atoms with Crippen LogP contribution in [0.4, 0.5) is 4.79 Å². The summed E-state index contributed by atoms with van der Waals surface area (Å²) < 4.78 is 30.5. The van der Waals surface area contributed by atoms with Crippen LogP contribution in [0.25, 0.3) is 0 Å². The number of aryl methyl sites for hydroxylation is 2. The lowest BCUT2D eigenvalue weighted by Gasteiger charge is -2.48. The first-order chi connectivity index (χ1) is 23.8. The minimum atomic E-state index is -2.20. The van der Waals surface area contributed by atoms with E-state index in [1.54, 1.807) is 13.2 Å². The Kier molecular flexibility index (Phi) is 13.3. The normalized spacial score (nSPS) is 19.4. The van der Waals surface area contributed by atoms with Crippen molar-refractivity contribution >= 4 is 31.4 Å². The van der Waals surface area contributed by atoms with Crippen molar-refractivity contribution in [2.75, 3.05) is 7.11 Å². The molecule has 0 radical (unpaired) electrons. The highest BCUT2D eigenvalue weighted by atomic mass is 28.5. The molecule has 1 aliphatic rings. The minimum absolute atomic E-state index is 0.0837. The average Bonchev–Trinajstić information content (AvgIpc) is 3.03. The van der Waals surface area contributed by atoms with Crippen LogP contribution in [0.5, 0.6) is 17.2 Å². The molecule has 9 heteroatoms. The number of rotatable bonds is 15. The molecule has 0 aliphatic heterocycles. The Morgan fingerprint density at radius 3 is 2.02 bits per heavy atom. The Labute approximate surface area is 312 Å². The average molecular weight is 749 g/mol. The third kappa shape index (κ3) is 10.9. The molecule has 1 fully saturated rings. The zero-order valence-electron chi connectivity index (χ0n) is 33.5. The van der Waals surface area contributed by atoms with E-state index in [1.807, 2.05) is 25.1 Å². The first kappa shape index (κ1) is 41.1. The quantitative estimate of drug-likeness (QED) is 0.0876. The summed E-state index contributed by atoms with van der Waals surface area (Å²) in [5.41, 5.74) is 4.85. The zero-order valence-corrected chi connectivity index (χ0v) is 36.5. The molecule has 0 spiro atoms. The van der Waals surface area contributed by atoms with Gasteiger partial charge in [0.2, 0.25) is 0 Å². The largest absolute Gasteiger partial charge is 0.519 e. The molecule has 2 atom stereocenters. The van der Waals surface area contributed by atoms with Gasteiger partial charge in [-0.2, -0.15) is 0 Å². The molecular formula is C42H64O6Si3. The summed E-state index contributed by atoms with van der Waals surface area (Å²) in [7, 11) is -4.23. The molecule has 1 saturated carbocycles. The fourth-order valence-corrected chi connectivity index (χ4v) is 22.4. The summed E-state index contributed by atoms with van der Waals surface area (Å²) in [5, 5.41) is 0. The first-order valence-electron chi connectivity index (χ1n) is 18.9. The highest BCUT2D eigenvalue weighted by Gasteiger charge is 2.45. The minimum Gasteiger partial charge on any atom is -0.493 e. The maximum absolute atomic E-state index is 13.1. The second kappa shape index (κ2) is 16.5. The van der Waals surface area contributed by atoms with Gasteiger partial charge >= 0.3 is 14.7 Å². The molecule has 0 aromatic heterocycles. The van der Waals surface area contributed by atoms with Gasteiger partial charge in [-0.3, -0.25) is 0 Å². The second-order valence-corrected chi connectivity index (χ2v) is 29.7. The van der Waals surface area contributed by atoms with E-state index in [4.69, 9.17) is 22.4 Å². The molecule has 0 amide bonds. The zero-order chi connectivity index (χ0) is 37.7. The van der Waals surface area contributed by atoms with Crippen molar-refractivity contribution in [3.63, 3.8) is 0 Å². The number of hydrogen-bond donors (Lipinski definition) is 0. The summed E-state index contributed by atoms with van der Waals surface area (Å²) in [4.78, 5) is 13.1. The maximum atomic E-state index is 13.1. The van der Waals surface area contributed by atoms with Crippen LogP contribution in [0.3, 0.4) is 0 Å². The third-order valence-corrected chi connectivity index (χ3v) is 22.6. The summed E-state index contributed by atoms with van der Waals surface area (Å²) in [6.45, 7) is 25.0. The molecule has 1 aliphatic carbocycles. The molecular weight excluding hydrogens is 685 g/mol. The van der Waals surface area contributed by atoms with E-state index in [9.17, 15) is 4.79 Å². The maximum Gasteiger partial charge on any atom is 0.519 e. The van der Waals surface area contributed by atoms with Crippen molar-refractivity contribution in [3.05, 3.63) is 89.0 Å². The Hall–Kier alpha value is -2.70.